The van der Waals surface area contributed by atoms with Crippen molar-refractivity contribution in [3.8, 4) is 5.75 Å². The molecule has 3 heterocycles. The van der Waals surface area contributed by atoms with Gasteiger partial charge in [-0.2, -0.15) is 0 Å². The largest absolute Gasteiger partial charge is 0.496 e. The summed E-state index contributed by atoms with van der Waals surface area (Å²) in [4.78, 5) is 16.1. The molecule has 0 unspecified atom stereocenters. The van der Waals surface area contributed by atoms with E-state index in [1.165, 1.54) is 6.26 Å². The lowest BCUT2D eigenvalue weighted by atomic mass is 9.97. The van der Waals surface area contributed by atoms with Crippen LogP contribution in [0, 0.1) is 6.92 Å². The Labute approximate surface area is 174 Å². The van der Waals surface area contributed by atoms with Gasteiger partial charge in [0.15, 0.2) is 5.76 Å². The molecule has 1 aromatic carbocycles. The fourth-order valence-electron chi connectivity index (χ4n) is 3.70. The number of hydrogen-bond acceptors (Lipinski definition) is 6. The Morgan fingerprint density at radius 3 is 2.69 bits per heavy atom. The van der Waals surface area contributed by atoms with Crippen molar-refractivity contribution in [1.29, 1.82) is 0 Å². The van der Waals surface area contributed by atoms with Crippen LogP contribution in [-0.2, 0) is 4.74 Å². The number of benzene rings is 1. The molecule has 1 aliphatic heterocycles. The summed E-state index contributed by atoms with van der Waals surface area (Å²) in [5.74, 6) is 0.872. The van der Waals surface area contributed by atoms with E-state index in [2.05, 4.69) is 29.3 Å². The van der Waals surface area contributed by atoms with Gasteiger partial charge in [0.1, 0.15) is 10.8 Å². The van der Waals surface area contributed by atoms with Crippen LogP contribution in [0.5, 0.6) is 5.75 Å². The predicted octanol–water partition coefficient (Wildman–Crippen LogP) is 4.33. The Hall–Kier alpha value is -2.61. The maximum atomic E-state index is 12.6. The Balaban J connectivity index is 1.75. The first kappa shape index (κ1) is 19.7. The number of nitrogens with one attached hydrogen (secondary N) is 1. The minimum Gasteiger partial charge on any atom is -0.496 e. The minimum atomic E-state index is -0.251. The average Bonchev–Trinajstić information content (AvgIpc) is 3.40. The Morgan fingerprint density at radius 1 is 1.17 bits per heavy atom. The number of thiophene rings is 1. The van der Waals surface area contributed by atoms with E-state index in [0.717, 1.165) is 39.8 Å². The standard InChI is InChI=1S/C22H24N2O4S/c1-15-14-17(22(29-15)23-21(25)19-8-5-11-28-19)20(24-9-12-27-13-10-24)16-6-3-4-7-18(16)26-2/h3-8,11,14,20H,9-10,12-13H2,1-2H3,(H,23,25)/t20-/m0/s1. The van der Waals surface area contributed by atoms with Gasteiger partial charge in [0.25, 0.3) is 5.91 Å². The molecule has 1 amide bonds. The molecule has 4 rings (SSSR count). The Bertz CT molecular complexity index is 961. The summed E-state index contributed by atoms with van der Waals surface area (Å²) in [7, 11) is 1.69. The van der Waals surface area contributed by atoms with Gasteiger partial charge in [-0.25, -0.2) is 0 Å². The zero-order valence-electron chi connectivity index (χ0n) is 16.5. The zero-order valence-corrected chi connectivity index (χ0v) is 17.3. The summed E-state index contributed by atoms with van der Waals surface area (Å²) in [5, 5.41) is 3.87. The third-order valence-electron chi connectivity index (χ3n) is 4.99. The van der Waals surface area contributed by atoms with Crippen LogP contribution in [0.25, 0.3) is 0 Å². The van der Waals surface area contributed by atoms with Crippen molar-refractivity contribution < 1.29 is 18.7 Å². The molecule has 1 atom stereocenters. The number of amides is 1. The molecule has 0 radical (unpaired) electrons. The second kappa shape index (κ2) is 8.82. The number of hydrogen-bond donors (Lipinski definition) is 1. The molecule has 0 aliphatic carbocycles. The number of ether oxygens (including phenoxy) is 2. The number of nitrogens with zero attached hydrogens (tertiary/aromatic N) is 1. The average molecular weight is 413 g/mol. The number of methoxy groups -OCH3 is 1. The molecule has 1 N–H and O–H groups in total. The van der Waals surface area contributed by atoms with Crippen molar-refractivity contribution >= 4 is 22.2 Å². The SMILES string of the molecule is COc1ccccc1[C@@H](c1cc(C)sc1NC(=O)c1ccco1)N1CCOCC1. The van der Waals surface area contributed by atoms with E-state index in [-0.39, 0.29) is 11.9 Å². The number of furan rings is 1. The monoisotopic (exact) mass is 412 g/mol. The van der Waals surface area contributed by atoms with E-state index in [1.54, 1.807) is 30.6 Å². The maximum Gasteiger partial charge on any atom is 0.291 e. The third kappa shape index (κ3) is 4.22. The number of rotatable bonds is 6. The predicted molar refractivity (Wildman–Crippen MR) is 113 cm³/mol. The molecule has 0 spiro atoms. The van der Waals surface area contributed by atoms with Crippen LogP contribution in [-0.4, -0.2) is 44.2 Å². The Kier molecular flexibility index (Phi) is 5.99. The van der Waals surface area contributed by atoms with Gasteiger partial charge in [-0.15, -0.1) is 11.3 Å². The van der Waals surface area contributed by atoms with Gasteiger partial charge >= 0.3 is 0 Å². The third-order valence-corrected chi connectivity index (χ3v) is 5.98. The van der Waals surface area contributed by atoms with Crippen molar-refractivity contribution in [2.24, 2.45) is 0 Å². The lowest BCUT2D eigenvalue weighted by Gasteiger charge is -2.35. The minimum absolute atomic E-state index is 0.0492. The van der Waals surface area contributed by atoms with Crippen LogP contribution in [0.4, 0.5) is 5.00 Å². The van der Waals surface area contributed by atoms with E-state index in [4.69, 9.17) is 13.9 Å². The topological polar surface area (TPSA) is 63.9 Å². The fourth-order valence-corrected chi connectivity index (χ4v) is 4.64. The molecule has 1 fully saturated rings. The highest BCUT2D eigenvalue weighted by molar-refractivity contribution is 7.16. The molecular formula is C22H24N2O4S. The maximum absolute atomic E-state index is 12.6. The van der Waals surface area contributed by atoms with Crippen molar-refractivity contribution in [1.82, 2.24) is 4.90 Å². The quantitative estimate of drug-likeness (QED) is 0.653. The van der Waals surface area contributed by atoms with Crippen LogP contribution < -0.4 is 10.1 Å². The zero-order chi connectivity index (χ0) is 20.2. The lowest BCUT2D eigenvalue weighted by molar-refractivity contribution is 0.0237. The highest BCUT2D eigenvalue weighted by Gasteiger charge is 2.30. The van der Waals surface area contributed by atoms with Crippen molar-refractivity contribution in [3.63, 3.8) is 0 Å². The molecule has 3 aromatic rings. The molecule has 0 bridgehead atoms. The molecule has 2 aromatic heterocycles. The van der Waals surface area contributed by atoms with E-state index < -0.39 is 0 Å². The number of anilines is 1. The summed E-state index contributed by atoms with van der Waals surface area (Å²) in [6.45, 7) is 5.04. The first-order valence-electron chi connectivity index (χ1n) is 9.57. The molecule has 6 nitrogen and oxygen atoms in total. The van der Waals surface area contributed by atoms with Crippen molar-refractivity contribution in [2.75, 3.05) is 38.7 Å². The van der Waals surface area contributed by atoms with E-state index in [0.29, 0.717) is 19.0 Å². The number of carbonyl (C=O) groups excluding carboxylic acids is 1. The van der Waals surface area contributed by atoms with E-state index in [1.807, 2.05) is 18.2 Å². The van der Waals surface area contributed by atoms with Crippen molar-refractivity contribution in [2.45, 2.75) is 13.0 Å². The first-order chi connectivity index (χ1) is 14.2. The van der Waals surface area contributed by atoms with Crippen molar-refractivity contribution in [3.05, 3.63) is 70.5 Å². The van der Waals surface area contributed by atoms with Gasteiger partial charge in [0.05, 0.1) is 32.6 Å². The van der Waals surface area contributed by atoms with Crippen LogP contribution in [0.15, 0.2) is 53.1 Å². The second-order valence-corrected chi connectivity index (χ2v) is 8.12. The van der Waals surface area contributed by atoms with Crippen LogP contribution in [0.2, 0.25) is 0 Å². The summed E-state index contributed by atoms with van der Waals surface area (Å²) >= 11 is 1.57. The van der Waals surface area contributed by atoms with Gasteiger partial charge in [-0.3, -0.25) is 9.69 Å². The van der Waals surface area contributed by atoms with Crippen LogP contribution in [0.3, 0.4) is 0 Å². The van der Waals surface area contributed by atoms with Crippen LogP contribution >= 0.6 is 11.3 Å². The summed E-state index contributed by atoms with van der Waals surface area (Å²) in [6, 6.07) is 13.5. The van der Waals surface area contributed by atoms with Gasteiger partial charge in [-0.1, -0.05) is 18.2 Å². The summed E-state index contributed by atoms with van der Waals surface area (Å²) < 4.78 is 16.5. The molecule has 1 saturated heterocycles. The summed E-state index contributed by atoms with van der Waals surface area (Å²) in [6.07, 6.45) is 1.50. The van der Waals surface area contributed by atoms with Gasteiger partial charge in [0, 0.05) is 29.1 Å². The van der Waals surface area contributed by atoms with E-state index in [9.17, 15) is 4.79 Å². The first-order valence-corrected chi connectivity index (χ1v) is 10.4. The Morgan fingerprint density at radius 2 is 1.97 bits per heavy atom. The molecule has 29 heavy (non-hydrogen) atoms. The summed E-state index contributed by atoms with van der Waals surface area (Å²) in [5.41, 5.74) is 2.13. The highest BCUT2D eigenvalue weighted by Crippen LogP contribution is 2.42. The number of aryl methyl sites for hydroxylation is 1. The normalized spacial score (nSPS) is 15.8. The van der Waals surface area contributed by atoms with Gasteiger partial charge < -0.3 is 19.2 Å². The highest BCUT2D eigenvalue weighted by atomic mass is 32.1. The molecule has 7 heteroatoms. The fraction of sp³-hybridized carbons (Fsp3) is 0.318. The van der Waals surface area contributed by atoms with E-state index >= 15 is 0 Å². The molecule has 1 aliphatic rings. The van der Waals surface area contributed by atoms with Crippen LogP contribution in [0.1, 0.15) is 32.6 Å². The van der Waals surface area contributed by atoms with Gasteiger partial charge in [0.2, 0.25) is 0 Å². The number of morpholine rings is 1. The number of para-hydroxylation sites is 1. The molecular weight excluding hydrogens is 388 g/mol. The lowest BCUT2D eigenvalue weighted by Crippen LogP contribution is -2.39. The van der Waals surface area contributed by atoms with Gasteiger partial charge in [-0.05, 0) is 31.2 Å². The smallest absolute Gasteiger partial charge is 0.291 e. The number of carbonyl (C=O) groups is 1. The molecule has 0 saturated carbocycles. The molecule has 152 valence electrons. The second-order valence-electron chi connectivity index (χ2n) is 6.87.